The number of carbonyl (C=O) groups is 2. The molecule has 2 aliphatic rings. The zero-order valence-corrected chi connectivity index (χ0v) is 16.4. The second-order valence-electron chi connectivity index (χ2n) is 7.99. The van der Waals surface area contributed by atoms with E-state index in [2.05, 4.69) is 42.7 Å². The fraction of sp³-hybridized carbons (Fsp3) is 0.391. The zero-order valence-electron chi connectivity index (χ0n) is 16.4. The molecule has 5 nitrogen and oxygen atoms in total. The predicted molar refractivity (Wildman–Crippen MR) is 109 cm³/mol. The van der Waals surface area contributed by atoms with E-state index in [9.17, 15) is 9.59 Å². The molecule has 0 radical (unpaired) electrons. The van der Waals surface area contributed by atoms with Crippen LogP contribution in [0.3, 0.4) is 0 Å². The normalized spacial score (nSPS) is 24.2. The maximum Gasteiger partial charge on any atom is 0.246 e. The lowest BCUT2D eigenvalue weighted by Crippen LogP contribution is -2.61. The summed E-state index contributed by atoms with van der Waals surface area (Å²) in [5.41, 5.74) is 4.85. The number of fused-ring (bicyclic) bond motifs is 1. The first-order valence-corrected chi connectivity index (χ1v) is 9.95. The van der Waals surface area contributed by atoms with Gasteiger partial charge in [0.2, 0.25) is 11.8 Å². The second-order valence-corrected chi connectivity index (χ2v) is 7.99. The van der Waals surface area contributed by atoms with Gasteiger partial charge in [-0.1, -0.05) is 48.5 Å². The summed E-state index contributed by atoms with van der Waals surface area (Å²) in [4.78, 5) is 27.3. The third-order valence-corrected chi connectivity index (χ3v) is 5.95. The maximum absolute atomic E-state index is 12.9. The van der Waals surface area contributed by atoms with Crippen LogP contribution in [0.5, 0.6) is 0 Å². The lowest BCUT2D eigenvalue weighted by molar-refractivity contribution is -0.147. The van der Waals surface area contributed by atoms with Gasteiger partial charge in [0.15, 0.2) is 0 Å². The van der Waals surface area contributed by atoms with Crippen molar-refractivity contribution in [2.75, 3.05) is 6.54 Å². The first-order valence-electron chi connectivity index (χ1n) is 9.95. The minimum atomic E-state index is -0.468. The second kappa shape index (κ2) is 7.76. The van der Waals surface area contributed by atoms with Gasteiger partial charge in [-0.15, -0.1) is 0 Å². The Bertz CT molecular complexity index is 881. The van der Waals surface area contributed by atoms with Crippen LogP contribution < -0.4 is 10.6 Å². The van der Waals surface area contributed by atoms with E-state index >= 15 is 0 Å². The molecule has 0 saturated carbocycles. The smallest absolute Gasteiger partial charge is 0.246 e. The predicted octanol–water partition coefficient (Wildman–Crippen LogP) is 2.10. The number of nitrogens with zero attached hydrogens (tertiary/aromatic N) is 1. The quantitative estimate of drug-likeness (QED) is 0.839. The van der Waals surface area contributed by atoms with Crippen molar-refractivity contribution in [2.24, 2.45) is 0 Å². The molecule has 2 aliphatic heterocycles. The molecule has 0 spiro atoms. The summed E-state index contributed by atoms with van der Waals surface area (Å²) in [5.74, 6) is -0.0000510. The number of aryl methyl sites for hydroxylation is 2. The summed E-state index contributed by atoms with van der Waals surface area (Å²) in [7, 11) is 0. The van der Waals surface area contributed by atoms with Crippen molar-refractivity contribution in [2.45, 2.75) is 51.4 Å². The maximum atomic E-state index is 12.9. The van der Waals surface area contributed by atoms with E-state index in [1.807, 2.05) is 30.3 Å². The van der Waals surface area contributed by atoms with Crippen LogP contribution in [0.2, 0.25) is 0 Å². The molecule has 2 aromatic rings. The molecule has 0 unspecified atom stereocenters. The molecular weight excluding hydrogens is 350 g/mol. The number of benzene rings is 2. The highest BCUT2D eigenvalue weighted by atomic mass is 16.2. The molecule has 0 aliphatic carbocycles. The minimum Gasteiger partial charge on any atom is -0.342 e. The Hall–Kier alpha value is -2.66. The van der Waals surface area contributed by atoms with Crippen molar-refractivity contribution in [3.63, 3.8) is 0 Å². The van der Waals surface area contributed by atoms with Crippen LogP contribution in [-0.2, 0) is 22.6 Å². The zero-order chi connectivity index (χ0) is 19.7. The van der Waals surface area contributed by atoms with Crippen LogP contribution in [0.25, 0.3) is 0 Å². The van der Waals surface area contributed by atoms with Crippen LogP contribution in [0.1, 0.15) is 28.7 Å². The van der Waals surface area contributed by atoms with Crippen LogP contribution in [-0.4, -0.2) is 41.4 Å². The Morgan fingerprint density at radius 2 is 1.82 bits per heavy atom. The van der Waals surface area contributed by atoms with Gasteiger partial charge in [-0.3, -0.25) is 9.59 Å². The first kappa shape index (κ1) is 18.7. The number of hydrogen-bond acceptors (Lipinski definition) is 3. The van der Waals surface area contributed by atoms with E-state index in [4.69, 9.17) is 0 Å². The first-order chi connectivity index (χ1) is 13.5. The summed E-state index contributed by atoms with van der Waals surface area (Å²) >= 11 is 0. The van der Waals surface area contributed by atoms with Crippen molar-refractivity contribution >= 4 is 11.8 Å². The monoisotopic (exact) mass is 377 g/mol. The minimum absolute atomic E-state index is 0.0314. The SMILES string of the molecule is Cc1ccc(CN[C@H]2C[C@H]3C(=O)N[C@H](Cc4ccccc4)C(=O)N3C2)cc1C. The molecule has 146 valence electrons. The summed E-state index contributed by atoms with van der Waals surface area (Å²) in [6.07, 6.45) is 1.20. The molecule has 5 heteroatoms. The van der Waals surface area contributed by atoms with E-state index in [-0.39, 0.29) is 23.9 Å². The van der Waals surface area contributed by atoms with Gasteiger partial charge < -0.3 is 15.5 Å². The number of piperazine rings is 1. The molecule has 28 heavy (non-hydrogen) atoms. The van der Waals surface area contributed by atoms with Crippen molar-refractivity contribution in [3.8, 4) is 0 Å². The molecule has 2 aromatic carbocycles. The van der Waals surface area contributed by atoms with Gasteiger partial charge in [0.05, 0.1) is 0 Å². The number of carbonyl (C=O) groups excluding carboxylic acids is 2. The van der Waals surface area contributed by atoms with Crippen LogP contribution in [0.15, 0.2) is 48.5 Å². The summed E-state index contributed by atoms with van der Waals surface area (Å²) in [5, 5.41) is 6.47. The Morgan fingerprint density at radius 1 is 1.04 bits per heavy atom. The number of nitrogens with one attached hydrogen (secondary N) is 2. The van der Waals surface area contributed by atoms with Crippen molar-refractivity contribution < 1.29 is 9.59 Å². The van der Waals surface area contributed by atoms with Crippen molar-refractivity contribution in [1.82, 2.24) is 15.5 Å². The Balaban J connectivity index is 1.39. The fourth-order valence-electron chi connectivity index (χ4n) is 4.17. The van der Waals surface area contributed by atoms with Gasteiger partial charge in [-0.25, -0.2) is 0 Å². The molecule has 2 amide bonds. The highest BCUT2D eigenvalue weighted by molar-refractivity contribution is 5.97. The van der Waals surface area contributed by atoms with E-state index in [0.717, 1.165) is 12.1 Å². The summed E-state index contributed by atoms with van der Waals surface area (Å²) in [6, 6.07) is 15.6. The highest BCUT2D eigenvalue weighted by Gasteiger charge is 2.46. The molecule has 3 atom stereocenters. The van der Waals surface area contributed by atoms with E-state index < -0.39 is 6.04 Å². The Labute approximate surface area is 166 Å². The van der Waals surface area contributed by atoms with E-state index in [1.165, 1.54) is 16.7 Å². The number of rotatable bonds is 5. The van der Waals surface area contributed by atoms with Gasteiger partial charge in [0, 0.05) is 25.6 Å². The van der Waals surface area contributed by atoms with Crippen LogP contribution in [0, 0.1) is 13.8 Å². The Morgan fingerprint density at radius 3 is 2.57 bits per heavy atom. The number of hydrogen-bond donors (Lipinski definition) is 2. The van der Waals surface area contributed by atoms with Crippen LogP contribution >= 0.6 is 0 Å². The van der Waals surface area contributed by atoms with Gasteiger partial charge in [0.1, 0.15) is 12.1 Å². The summed E-state index contributed by atoms with van der Waals surface area (Å²) < 4.78 is 0. The molecule has 2 heterocycles. The molecule has 2 N–H and O–H groups in total. The van der Waals surface area contributed by atoms with Gasteiger partial charge in [0.25, 0.3) is 0 Å². The van der Waals surface area contributed by atoms with E-state index in [1.54, 1.807) is 4.90 Å². The van der Waals surface area contributed by atoms with Gasteiger partial charge in [-0.2, -0.15) is 0 Å². The van der Waals surface area contributed by atoms with Crippen molar-refractivity contribution in [3.05, 3.63) is 70.8 Å². The third-order valence-electron chi connectivity index (χ3n) is 5.95. The van der Waals surface area contributed by atoms with Gasteiger partial charge in [-0.05, 0) is 42.5 Å². The third kappa shape index (κ3) is 3.80. The average molecular weight is 377 g/mol. The number of amides is 2. The highest BCUT2D eigenvalue weighted by Crippen LogP contribution is 2.24. The molecule has 2 saturated heterocycles. The average Bonchev–Trinajstić information content (AvgIpc) is 3.13. The fourth-order valence-corrected chi connectivity index (χ4v) is 4.17. The van der Waals surface area contributed by atoms with Crippen molar-refractivity contribution in [1.29, 1.82) is 0 Å². The largest absolute Gasteiger partial charge is 0.342 e. The van der Waals surface area contributed by atoms with E-state index in [0.29, 0.717) is 19.4 Å². The van der Waals surface area contributed by atoms with Gasteiger partial charge >= 0.3 is 0 Å². The molecule has 0 aromatic heterocycles. The van der Waals surface area contributed by atoms with Crippen LogP contribution in [0.4, 0.5) is 0 Å². The molecule has 4 rings (SSSR count). The lowest BCUT2D eigenvalue weighted by atomic mass is 10.0. The lowest BCUT2D eigenvalue weighted by Gasteiger charge is -2.34. The Kier molecular flexibility index (Phi) is 5.18. The molecule has 0 bridgehead atoms. The standard InChI is InChI=1S/C23H27N3O2/c1-15-8-9-18(10-16(15)2)13-24-19-12-21-22(27)25-20(23(28)26(21)14-19)11-17-6-4-3-5-7-17/h3-10,19-21,24H,11-14H2,1-2H3,(H,25,27)/t19-,20+,21-/m0/s1. The molecule has 2 fully saturated rings. The summed E-state index contributed by atoms with van der Waals surface area (Å²) in [6.45, 7) is 5.56. The topological polar surface area (TPSA) is 61.4 Å². The molecular formula is C23H27N3O2.